The molecule has 19 heavy (non-hydrogen) atoms. The number of nitrogens with one attached hydrogen (secondary N) is 1. The fourth-order valence-corrected chi connectivity index (χ4v) is 1.80. The van der Waals surface area contributed by atoms with Crippen LogP contribution in [-0.4, -0.2) is 19.5 Å². The zero-order valence-electron chi connectivity index (χ0n) is 10.8. The van der Waals surface area contributed by atoms with Gasteiger partial charge in [-0.15, -0.1) is 0 Å². The van der Waals surface area contributed by atoms with Crippen LogP contribution in [0.5, 0.6) is 0 Å². The third-order valence-electron chi connectivity index (χ3n) is 2.70. The molecule has 2 aromatic heterocycles. The van der Waals surface area contributed by atoms with Gasteiger partial charge in [0.25, 0.3) is 5.56 Å². The van der Waals surface area contributed by atoms with Gasteiger partial charge in [-0.1, -0.05) is 6.92 Å². The molecular formula is C12H15N5O2. The Kier molecular flexibility index (Phi) is 3.46. The second kappa shape index (κ2) is 5.05. The van der Waals surface area contributed by atoms with E-state index in [2.05, 4.69) is 15.0 Å². The van der Waals surface area contributed by atoms with E-state index in [0.717, 1.165) is 5.69 Å². The van der Waals surface area contributed by atoms with Crippen LogP contribution in [0.15, 0.2) is 21.9 Å². The first-order valence-electron chi connectivity index (χ1n) is 5.92. The van der Waals surface area contributed by atoms with E-state index in [0.29, 0.717) is 23.6 Å². The summed E-state index contributed by atoms with van der Waals surface area (Å²) in [5, 5.41) is 0. The second-order valence-corrected chi connectivity index (χ2v) is 4.25. The number of nitrogen functional groups attached to an aromatic ring is 1. The molecule has 0 spiro atoms. The molecule has 0 aromatic carbocycles. The molecule has 0 fully saturated rings. The highest BCUT2D eigenvalue weighted by Gasteiger charge is 2.06. The zero-order valence-corrected chi connectivity index (χ0v) is 10.8. The first kappa shape index (κ1) is 13.0. The standard InChI is InChI=1S/C12H15N5O2/c1-3-8-5-17(12(19)16-11(8)18)6-10-14-7(2)4-9(13)15-10/h4-5H,3,6H2,1-2H3,(H2,13,14,15)(H,16,18,19). The van der Waals surface area contributed by atoms with E-state index in [-0.39, 0.29) is 12.1 Å². The minimum absolute atomic E-state index is 0.175. The largest absolute Gasteiger partial charge is 0.384 e. The molecule has 0 aliphatic carbocycles. The highest BCUT2D eigenvalue weighted by atomic mass is 16.2. The lowest BCUT2D eigenvalue weighted by molar-refractivity contribution is 0.674. The minimum atomic E-state index is -0.481. The van der Waals surface area contributed by atoms with Crippen LogP contribution in [0, 0.1) is 6.92 Å². The van der Waals surface area contributed by atoms with Gasteiger partial charge in [-0.2, -0.15) is 0 Å². The van der Waals surface area contributed by atoms with E-state index in [4.69, 9.17) is 5.73 Å². The van der Waals surface area contributed by atoms with Gasteiger partial charge < -0.3 is 5.73 Å². The number of aromatic nitrogens is 4. The molecule has 2 rings (SSSR count). The molecule has 7 nitrogen and oxygen atoms in total. The van der Waals surface area contributed by atoms with Crippen LogP contribution in [0.2, 0.25) is 0 Å². The molecule has 0 aliphatic rings. The summed E-state index contributed by atoms with van der Waals surface area (Å²) in [6, 6.07) is 1.65. The first-order chi connectivity index (χ1) is 8.99. The molecule has 0 bridgehead atoms. The molecule has 2 aromatic rings. The fraction of sp³-hybridized carbons (Fsp3) is 0.333. The van der Waals surface area contributed by atoms with Crippen molar-refractivity contribution in [3.8, 4) is 0 Å². The van der Waals surface area contributed by atoms with Crippen LogP contribution in [0.1, 0.15) is 24.0 Å². The van der Waals surface area contributed by atoms with Crippen molar-refractivity contribution in [2.24, 2.45) is 0 Å². The van der Waals surface area contributed by atoms with Gasteiger partial charge in [0.15, 0.2) is 5.82 Å². The van der Waals surface area contributed by atoms with Crippen molar-refractivity contribution in [2.75, 3.05) is 5.73 Å². The highest BCUT2D eigenvalue weighted by Crippen LogP contribution is 2.02. The summed E-state index contributed by atoms with van der Waals surface area (Å²) in [4.78, 5) is 33.7. The molecule has 0 amide bonds. The van der Waals surface area contributed by atoms with Crippen molar-refractivity contribution in [1.29, 1.82) is 0 Å². The Morgan fingerprint density at radius 3 is 2.74 bits per heavy atom. The van der Waals surface area contributed by atoms with Crippen LogP contribution in [0.3, 0.4) is 0 Å². The number of rotatable bonds is 3. The van der Waals surface area contributed by atoms with Crippen LogP contribution in [-0.2, 0) is 13.0 Å². The van der Waals surface area contributed by atoms with E-state index >= 15 is 0 Å². The van der Waals surface area contributed by atoms with Crippen LogP contribution >= 0.6 is 0 Å². The Hall–Kier alpha value is -2.44. The second-order valence-electron chi connectivity index (χ2n) is 4.25. The number of hydrogen-bond acceptors (Lipinski definition) is 5. The van der Waals surface area contributed by atoms with Crippen molar-refractivity contribution >= 4 is 5.82 Å². The molecule has 100 valence electrons. The van der Waals surface area contributed by atoms with Gasteiger partial charge in [0.1, 0.15) is 5.82 Å². The van der Waals surface area contributed by atoms with Crippen molar-refractivity contribution in [1.82, 2.24) is 19.5 Å². The summed E-state index contributed by atoms with van der Waals surface area (Å²) < 4.78 is 1.37. The Morgan fingerprint density at radius 2 is 2.11 bits per heavy atom. The molecule has 2 heterocycles. The summed E-state index contributed by atoms with van der Waals surface area (Å²) in [5.41, 5.74) is 6.08. The predicted octanol–water partition coefficient (Wildman–Crippen LogP) is -0.172. The summed E-state index contributed by atoms with van der Waals surface area (Å²) in [5.74, 6) is 0.796. The topological polar surface area (TPSA) is 107 Å². The Balaban J connectivity index is 2.43. The van der Waals surface area contributed by atoms with Crippen molar-refractivity contribution < 1.29 is 0 Å². The molecule has 0 radical (unpaired) electrons. The number of H-pyrrole nitrogens is 1. The lowest BCUT2D eigenvalue weighted by Gasteiger charge is -2.07. The van der Waals surface area contributed by atoms with E-state index in [1.807, 2.05) is 6.92 Å². The van der Waals surface area contributed by atoms with Gasteiger partial charge >= 0.3 is 5.69 Å². The van der Waals surface area contributed by atoms with Gasteiger partial charge in [-0.3, -0.25) is 14.3 Å². The summed E-state index contributed by atoms with van der Waals surface area (Å²) >= 11 is 0. The molecule has 0 aliphatic heterocycles. The maximum absolute atomic E-state index is 11.7. The third-order valence-corrected chi connectivity index (χ3v) is 2.70. The molecule has 0 atom stereocenters. The molecular weight excluding hydrogens is 246 g/mol. The summed E-state index contributed by atoms with van der Waals surface area (Å²) in [7, 11) is 0. The molecule has 0 unspecified atom stereocenters. The monoisotopic (exact) mass is 261 g/mol. The molecule has 3 N–H and O–H groups in total. The quantitative estimate of drug-likeness (QED) is 0.797. The molecule has 0 saturated carbocycles. The Morgan fingerprint density at radius 1 is 1.37 bits per heavy atom. The number of nitrogens with two attached hydrogens (primary N) is 1. The third kappa shape index (κ3) is 2.87. The molecule has 0 saturated heterocycles. The lowest BCUT2D eigenvalue weighted by atomic mass is 10.2. The zero-order chi connectivity index (χ0) is 14.0. The minimum Gasteiger partial charge on any atom is -0.384 e. The fourth-order valence-electron chi connectivity index (χ4n) is 1.80. The van der Waals surface area contributed by atoms with Crippen molar-refractivity contribution in [3.05, 3.63) is 50.2 Å². The maximum Gasteiger partial charge on any atom is 0.328 e. The van der Waals surface area contributed by atoms with E-state index in [1.165, 1.54) is 10.8 Å². The SMILES string of the molecule is CCc1cn(Cc2nc(C)cc(N)n2)c(=O)[nH]c1=O. The van der Waals surface area contributed by atoms with Gasteiger partial charge in [0.2, 0.25) is 0 Å². The number of nitrogens with zero attached hydrogens (tertiary/aromatic N) is 3. The average Bonchev–Trinajstić information content (AvgIpc) is 2.31. The number of aromatic amines is 1. The van der Waals surface area contributed by atoms with Crippen LogP contribution < -0.4 is 17.0 Å². The van der Waals surface area contributed by atoms with Gasteiger partial charge in [-0.25, -0.2) is 14.8 Å². The number of aryl methyl sites for hydroxylation is 2. The summed E-state index contributed by atoms with van der Waals surface area (Å²) in [6.45, 7) is 3.82. The van der Waals surface area contributed by atoms with Gasteiger partial charge in [0, 0.05) is 23.5 Å². The Labute approximate surface area is 109 Å². The maximum atomic E-state index is 11.7. The molecule has 7 heteroatoms. The smallest absolute Gasteiger partial charge is 0.328 e. The number of anilines is 1. The number of hydrogen-bond donors (Lipinski definition) is 2. The predicted molar refractivity (Wildman–Crippen MR) is 71.0 cm³/mol. The van der Waals surface area contributed by atoms with Gasteiger partial charge in [0.05, 0.1) is 6.54 Å². The van der Waals surface area contributed by atoms with Crippen LogP contribution in [0.4, 0.5) is 5.82 Å². The average molecular weight is 261 g/mol. The van der Waals surface area contributed by atoms with Crippen molar-refractivity contribution in [3.63, 3.8) is 0 Å². The highest BCUT2D eigenvalue weighted by molar-refractivity contribution is 5.29. The van der Waals surface area contributed by atoms with E-state index in [1.54, 1.807) is 13.0 Å². The van der Waals surface area contributed by atoms with Crippen molar-refractivity contribution in [2.45, 2.75) is 26.8 Å². The lowest BCUT2D eigenvalue weighted by Crippen LogP contribution is -2.32. The summed E-state index contributed by atoms with van der Waals surface area (Å²) in [6.07, 6.45) is 2.08. The normalized spacial score (nSPS) is 10.6. The first-order valence-corrected chi connectivity index (χ1v) is 5.92. The van der Waals surface area contributed by atoms with Gasteiger partial charge in [-0.05, 0) is 13.3 Å². The van der Waals surface area contributed by atoms with E-state index < -0.39 is 5.69 Å². The Bertz CT molecular complexity index is 697. The van der Waals surface area contributed by atoms with Crippen LogP contribution in [0.25, 0.3) is 0 Å². The van der Waals surface area contributed by atoms with E-state index in [9.17, 15) is 9.59 Å².